The monoisotopic (exact) mass is 156 g/mol. The van der Waals surface area contributed by atoms with Crippen molar-refractivity contribution in [3.8, 4) is 0 Å². The van der Waals surface area contributed by atoms with Gasteiger partial charge in [0.1, 0.15) is 0 Å². The van der Waals surface area contributed by atoms with Gasteiger partial charge in [-0.2, -0.15) is 0 Å². The highest BCUT2D eigenvalue weighted by molar-refractivity contribution is 4.84. The van der Waals surface area contributed by atoms with E-state index in [1.165, 1.54) is 6.42 Å². The number of hydrogen-bond acceptors (Lipinski definition) is 2. The van der Waals surface area contributed by atoms with Crippen LogP contribution in [0.5, 0.6) is 0 Å². The first-order chi connectivity index (χ1) is 5.24. The molecule has 0 aliphatic carbocycles. The van der Waals surface area contributed by atoms with Gasteiger partial charge in [0.2, 0.25) is 0 Å². The molecule has 0 spiro atoms. The van der Waals surface area contributed by atoms with Crippen molar-refractivity contribution in [2.75, 3.05) is 13.1 Å². The van der Waals surface area contributed by atoms with Crippen LogP contribution >= 0.6 is 0 Å². The van der Waals surface area contributed by atoms with Gasteiger partial charge in [-0.25, -0.2) is 0 Å². The maximum absolute atomic E-state index is 3.64. The Labute approximate surface area is 69.8 Å². The Morgan fingerprint density at radius 3 is 2.64 bits per heavy atom. The Bertz CT molecular complexity index is 112. The van der Waals surface area contributed by atoms with Crippen LogP contribution in [0.25, 0.3) is 0 Å². The molecule has 0 aromatic heterocycles. The molecule has 0 bridgehead atoms. The molecule has 0 aromatic rings. The zero-order valence-corrected chi connectivity index (χ0v) is 7.85. The van der Waals surface area contributed by atoms with Crippen molar-refractivity contribution in [1.82, 2.24) is 10.6 Å². The highest BCUT2D eigenvalue weighted by atomic mass is 15.1. The Hall–Kier alpha value is -0.0800. The third kappa shape index (κ3) is 2.46. The van der Waals surface area contributed by atoms with Crippen molar-refractivity contribution in [3.63, 3.8) is 0 Å². The molecule has 2 heteroatoms. The molecule has 1 saturated heterocycles. The Morgan fingerprint density at radius 1 is 1.36 bits per heavy atom. The number of rotatable bonds is 2. The van der Waals surface area contributed by atoms with Crippen LogP contribution in [0.4, 0.5) is 0 Å². The molecule has 2 nitrogen and oxygen atoms in total. The second kappa shape index (κ2) is 4.07. The summed E-state index contributed by atoms with van der Waals surface area (Å²) in [6.07, 6.45) is 1.23. The van der Waals surface area contributed by atoms with Gasteiger partial charge in [0, 0.05) is 25.2 Å². The molecule has 0 amide bonds. The van der Waals surface area contributed by atoms with E-state index in [0.29, 0.717) is 12.1 Å². The van der Waals surface area contributed by atoms with Crippen LogP contribution in [-0.4, -0.2) is 25.2 Å². The molecule has 1 heterocycles. The quantitative estimate of drug-likeness (QED) is 0.623. The van der Waals surface area contributed by atoms with Gasteiger partial charge in [0.25, 0.3) is 0 Å². The SMILES string of the molecule is CC[C@@H]1CNC[C@@H](C(C)C)N1. The minimum atomic E-state index is 0.675. The topological polar surface area (TPSA) is 24.1 Å². The lowest BCUT2D eigenvalue weighted by Crippen LogP contribution is -2.56. The molecule has 0 aromatic carbocycles. The van der Waals surface area contributed by atoms with Gasteiger partial charge >= 0.3 is 0 Å². The molecular formula is C9H20N2. The highest BCUT2D eigenvalue weighted by Gasteiger charge is 2.20. The summed E-state index contributed by atoms with van der Waals surface area (Å²) in [7, 11) is 0. The van der Waals surface area contributed by atoms with Gasteiger partial charge < -0.3 is 10.6 Å². The molecule has 2 N–H and O–H groups in total. The summed E-state index contributed by atoms with van der Waals surface area (Å²) in [5.41, 5.74) is 0. The van der Waals surface area contributed by atoms with E-state index in [0.717, 1.165) is 19.0 Å². The molecule has 1 fully saturated rings. The van der Waals surface area contributed by atoms with Crippen molar-refractivity contribution in [1.29, 1.82) is 0 Å². The summed E-state index contributed by atoms with van der Waals surface area (Å²) < 4.78 is 0. The Kier molecular flexibility index (Phi) is 3.34. The maximum atomic E-state index is 3.64. The summed E-state index contributed by atoms with van der Waals surface area (Å²) in [6, 6.07) is 1.37. The van der Waals surface area contributed by atoms with Crippen LogP contribution in [0, 0.1) is 5.92 Å². The highest BCUT2D eigenvalue weighted by Crippen LogP contribution is 2.06. The second-order valence-corrected chi connectivity index (χ2v) is 3.78. The lowest BCUT2D eigenvalue weighted by atomic mass is 10.00. The zero-order valence-electron chi connectivity index (χ0n) is 7.85. The van der Waals surface area contributed by atoms with Crippen molar-refractivity contribution in [2.24, 2.45) is 5.92 Å². The van der Waals surface area contributed by atoms with Crippen LogP contribution < -0.4 is 10.6 Å². The molecule has 1 aliphatic heterocycles. The van der Waals surface area contributed by atoms with E-state index in [2.05, 4.69) is 31.4 Å². The van der Waals surface area contributed by atoms with Gasteiger partial charge in [-0.3, -0.25) is 0 Å². The summed E-state index contributed by atoms with van der Waals surface area (Å²) in [5.74, 6) is 0.747. The first kappa shape index (κ1) is 9.01. The molecule has 1 rings (SSSR count). The van der Waals surface area contributed by atoms with Gasteiger partial charge in [-0.1, -0.05) is 20.8 Å². The number of piperazine rings is 1. The van der Waals surface area contributed by atoms with Gasteiger partial charge in [-0.05, 0) is 12.3 Å². The maximum Gasteiger partial charge on any atom is 0.0218 e. The summed E-state index contributed by atoms with van der Waals surface area (Å²) >= 11 is 0. The summed E-state index contributed by atoms with van der Waals surface area (Å²) in [5, 5.41) is 7.09. The predicted molar refractivity (Wildman–Crippen MR) is 48.7 cm³/mol. The third-order valence-corrected chi connectivity index (χ3v) is 2.50. The smallest absolute Gasteiger partial charge is 0.0218 e. The van der Waals surface area contributed by atoms with Gasteiger partial charge in [0.05, 0.1) is 0 Å². The van der Waals surface area contributed by atoms with E-state index in [9.17, 15) is 0 Å². The largest absolute Gasteiger partial charge is 0.314 e. The molecule has 66 valence electrons. The van der Waals surface area contributed by atoms with Crippen LogP contribution in [0.2, 0.25) is 0 Å². The van der Waals surface area contributed by atoms with Gasteiger partial charge in [0.15, 0.2) is 0 Å². The second-order valence-electron chi connectivity index (χ2n) is 3.78. The molecule has 0 saturated carbocycles. The first-order valence-electron chi connectivity index (χ1n) is 4.70. The van der Waals surface area contributed by atoms with Crippen LogP contribution in [-0.2, 0) is 0 Å². The molecular weight excluding hydrogens is 136 g/mol. The fraction of sp³-hybridized carbons (Fsp3) is 1.00. The molecule has 1 aliphatic rings. The standard InChI is InChI=1S/C9H20N2/c1-4-8-5-10-6-9(11-8)7(2)3/h7-11H,4-6H2,1-3H3/t8-,9+/m1/s1. The summed E-state index contributed by atoms with van der Waals surface area (Å²) in [6.45, 7) is 9.06. The van der Waals surface area contributed by atoms with E-state index in [4.69, 9.17) is 0 Å². The number of hydrogen-bond donors (Lipinski definition) is 2. The first-order valence-corrected chi connectivity index (χ1v) is 4.70. The van der Waals surface area contributed by atoms with Crippen LogP contribution in [0.1, 0.15) is 27.2 Å². The van der Waals surface area contributed by atoms with E-state index in [-0.39, 0.29) is 0 Å². The van der Waals surface area contributed by atoms with Crippen molar-refractivity contribution in [2.45, 2.75) is 39.3 Å². The van der Waals surface area contributed by atoms with E-state index < -0.39 is 0 Å². The fourth-order valence-electron chi connectivity index (χ4n) is 1.52. The summed E-state index contributed by atoms with van der Waals surface area (Å²) in [4.78, 5) is 0. The van der Waals surface area contributed by atoms with Crippen molar-refractivity contribution < 1.29 is 0 Å². The van der Waals surface area contributed by atoms with Gasteiger partial charge in [-0.15, -0.1) is 0 Å². The minimum absolute atomic E-state index is 0.675. The van der Waals surface area contributed by atoms with Crippen molar-refractivity contribution >= 4 is 0 Å². The lowest BCUT2D eigenvalue weighted by Gasteiger charge is -2.33. The molecule has 0 unspecified atom stereocenters. The minimum Gasteiger partial charge on any atom is -0.314 e. The van der Waals surface area contributed by atoms with Crippen LogP contribution in [0.15, 0.2) is 0 Å². The van der Waals surface area contributed by atoms with Crippen LogP contribution in [0.3, 0.4) is 0 Å². The molecule has 11 heavy (non-hydrogen) atoms. The predicted octanol–water partition coefficient (Wildman–Crippen LogP) is 0.982. The molecule has 0 radical (unpaired) electrons. The fourth-order valence-corrected chi connectivity index (χ4v) is 1.52. The Balaban J connectivity index is 2.33. The zero-order chi connectivity index (χ0) is 8.27. The average Bonchev–Trinajstić information content (AvgIpc) is 2.05. The van der Waals surface area contributed by atoms with E-state index in [1.54, 1.807) is 0 Å². The van der Waals surface area contributed by atoms with Crippen molar-refractivity contribution in [3.05, 3.63) is 0 Å². The third-order valence-electron chi connectivity index (χ3n) is 2.50. The van der Waals surface area contributed by atoms with E-state index >= 15 is 0 Å². The number of nitrogens with one attached hydrogen (secondary N) is 2. The van der Waals surface area contributed by atoms with E-state index in [1.807, 2.05) is 0 Å². The lowest BCUT2D eigenvalue weighted by molar-refractivity contribution is 0.280. The molecule has 2 atom stereocenters. The Morgan fingerprint density at radius 2 is 2.09 bits per heavy atom. The average molecular weight is 156 g/mol. The normalized spacial score (nSPS) is 32.7.